The Morgan fingerprint density at radius 1 is 0.966 bits per heavy atom. The summed E-state index contributed by atoms with van der Waals surface area (Å²) >= 11 is 0. The number of carbonyl (C=O) groups excluding carboxylic acids is 2. The highest BCUT2D eigenvalue weighted by molar-refractivity contribution is 5.94. The maximum absolute atomic E-state index is 12.7. The second-order valence-corrected chi connectivity index (χ2v) is 7.55. The number of amides is 2. The molecule has 0 bridgehead atoms. The van der Waals surface area contributed by atoms with Gasteiger partial charge >= 0.3 is 0 Å². The normalized spacial score (nSPS) is 14.6. The number of aromatic nitrogens is 2. The predicted molar refractivity (Wildman–Crippen MR) is 112 cm³/mol. The molecule has 1 aliphatic carbocycles. The minimum absolute atomic E-state index is 0.00399. The summed E-state index contributed by atoms with van der Waals surface area (Å²) in [5, 5.41) is 6.08. The van der Waals surface area contributed by atoms with Crippen LogP contribution in [-0.4, -0.2) is 27.4 Å². The van der Waals surface area contributed by atoms with Gasteiger partial charge in [-0.1, -0.05) is 49.6 Å². The van der Waals surface area contributed by atoms with Gasteiger partial charge in [-0.3, -0.25) is 9.59 Å². The molecule has 1 aliphatic rings. The first-order valence-corrected chi connectivity index (χ1v) is 10.3. The Bertz CT molecular complexity index is 991. The van der Waals surface area contributed by atoms with E-state index >= 15 is 0 Å². The third-order valence-corrected chi connectivity index (χ3v) is 5.45. The Labute approximate surface area is 170 Å². The Kier molecular flexibility index (Phi) is 5.89. The minimum Gasteiger partial charge on any atom is -0.352 e. The van der Waals surface area contributed by atoms with Gasteiger partial charge in [-0.25, -0.2) is 4.98 Å². The molecular weight excluding hydrogens is 364 g/mol. The summed E-state index contributed by atoms with van der Waals surface area (Å²) in [6.07, 6.45) is 5.71. The van der Waals surface area contributed by atoms with Crippen molar-refractivity contribution in [1.29, 1.82) is 0 Å². The van der Waals surface area contributed by atoms with Crippen molar-refractivity contribution < 1.29 is 9.59 Å². The summed E-state index contributed by atoms with van der Waals surface area (Å²) in [7, 11) is 0. The zero-order chi connectivity index (χ0) is 20.1. The van der Waals surface area contributed by atoms with Crippen LogP contribution >= 0.6 is 0 Å². The van der Waals surface area contributed by atoms with E-state index < -0.39 is 0 Å². The molecule has 1 saturated carbocycles. The second-order valence-electron chi connectivity index (χ2n) is 7.55. The van der Waals surface area contributed by atoms with Crippen LogP contribution in [0.4, 0.5) is 0 Å². The van der Waals surface area contributed by atoms with E-state index in [1.807, 2.05) is 47.0 Å². The Morgan fingerprint density at radius 2 is 1.69 bits per heavy atom. The fourth-order valence-corrected chi connectivity index (χ4v) is 3.95. The van der Waals surface area contributed by atoms with Gasteiger partial charge in [0.25, 0.3) is 5.91 Å². The van der Waals surface area contributed by atoms with Gasteiger partial charge in [-0.15, -0.1) is 0 Å². The van der Waals surface area contributed by atoms with Gasteiger partial charge in [0.15, 0.2) is 0 Å². The molecule has 0 spiro atoms. The smallest absolute Gasteiger partial charge is 0.251 e. The maximum atomic E-state index is 12.7. The molecule has 6 nitrogen and oxygen atoms in total. The third kappa shape index (κ3) is 4.65. The second kappa shape index (κ2) is 8.90. The van der Waals surface area contributed by atoms with E-state index in [0.29, 0.717) is 11.4 Å². The van der Waals surface area contributed by atoms with Crippen molar-refractivity contribution >= 4 is 22.8 Å². The molecule has 3 aromatic rings. The van der Waals surface area contributed by atoms with Gasteiger partial charge in [-0.2, -0.15) is 0 Å². The highest BCUT2D eigenvalue weighted by Crippen LogP contribution is 2.19. The number of hydrogen-bond acceptors (Lipinski definition) is 3. The Hall–Kier alpha value is -3.15. The number of rotatable bonds is 6. The van der Waals surface area contributed by atoms with Crippen molar-refractivity contribution in [1.82, 2.24) is 20.2 Å². The largest absolute Gasteiger partial charge is 0.352 e. The third-order valence-electron chi connectivity index (χ3n) is 5.45. The first-order chi connectivity index (χ1) is 14.2. The summed E-state index contributed by atoms with van der Waals surface area (Å²) in [5.41, 5.74) is 2.32. The molecule has 2 N–H and O–H groups in total. The van der Waals surface area contributed by atoms with E-state index in [-0.39, 0.29) is 30.9 Å². The van der Waals surface area contributed by atoms with Crippen LogP contribution in [0.5, 0.6) is 0 Å². The highest BCUT2D eigenvalue weighted by atomic mass is 16.2. The SMILES string of the molecule is O=C(Cn1c(CNC(=O)c2ccccc2)nc2ccccc21)NC1CCCCC1. The lowest BCUT2D eigenvalue weighted by molar-refractivity contribution is -0.122. The van der Waals surface area contributed by atoms with E-state index in [4.69, 9.17) is 0 Å². The monoisotopic (exact) mass is 390 g/mol. The van der Waals surface area contributed by atoms with Gasteiger partial charge in [-0.05, 0) is 37.1 Å². The highest BCUT2D eigenvalue weighted by Gasteiger charge is 2.18. The molecule has 1 aromatic heterocycles. The molecule has 4 rings (SSSR count). The summed E-state index contributed by atoms with van der Waals surface area (Å²) < 4.78 is 1.90. The number of nitrogens with one attached hydrogen (secondary N) is 2. The molecule has 0 aliphatic heterocycles. The average molecular weight is 390 g/mol. The number of para-hydroxylation sites is 2. The zero-order valence-electron chi connectivity index (χ0n) is 16.4. The average Bonchev–Trinajstić information content (AvgIpc) is 3.10. The molecule has 1 heterocycles. The summed E-state index contributed by atoms with van der Waals surface area (Å²) in [5.74, 6) is 0.515. The molecule has 1 fully saturated rings. The number of imidazole rings is 1. The first kappa shape index (κ1) is 19.2. The molecular formula is C23H26N4O2. The fraction of sp³-hybridized carbons (Fsp3) is 0.348. The van der Waals surface area contributed by atoms with Crippen LogP contribution in [0.25, 0.3) is 11.0 Å². The quantitative estimate of drug-likeness (QED) is 0.677. The van der Waals surface area contributed by atoms with Crippen LogP contribution in [0.15, 0.2) is 54.6 Å². The van der Waals surface area contributed by atoms with Crippen molar-refractivity contribution in [3.8, 4) is 0 Å². The van der Waals surface area contributed by atoms with Crippen LogP contribution in [0, 0.1) is 0 Å². The van der Waals surface area contributed by atoms with E-state index in [9.17, 15) is 9.59 Å². The molecule has 0 radical (unpaired) electrons. The predicted octanol–water partition coefficient (Wildman–Crippen LogP) is 3.42. The molecule has 0 atom stereocenters. The lowest BCUT2D eigenvalue weighted by Crippen LogP contribution is -2.38. The molecule has 0 unspecified atom stereocenters. The van der Waals surface area contributed by atoms with Crippen molar-refractivity contribution in [2.75, 3.05) is 0 Å². The lowest BCUT2D eigenvalue weighted by Gasteiger charge is -2.23. The minimum atomic E-state index is -0.157. The maximum Gasteiger partial charge on any atom is 0.251 e. The van der Waals surface area contributed by atoms with Crippen LogP contribution in [0.2, 0.25) is 0 Å². The van der Waals surface area contributed by atoms with Crippen LogP contribution in [0.1, 0.15) is 48.3 Å². The Balaban J connectivity index is 1.49. The topological polar surface area (TPSA) is 76.0 Å². The summed E-state index contributed by atoms with van der Waals surface area (Å²) in [6, 6.07) is 17.1. The van der Waals surface area contributed by atoms with Gasteiger partial charge < -0.3 is 15.2 Å². The van der Waals surface area contributed by atoms with Crippen LogP contribution in [-0.2, 0) is 17.9 Å². The van der Waals surface area contributed by atoms with Gasteiger partial charge in [0.1, 0.15) is 12.4 Å². The van der Waals surface area contributed by atoms with E-state index in [2.05, 4.69) is 15.6 Å². The van der Waals surface area contributed by atoms with E-state index in [0.717, 1.165) is 23.9 Å². The van der Waals surface area contributed by atoms with Crippen molar-refractivity contribution in [3.63, 3.8) is 0 Å². The number of benzene rings is 2. The fourth-order valence-electron chi connectivity index (χ4n) is 3.95. The molecule has 2 aromatic carbocycles. The number of hydrogen-bond donors (Lipinski definition) is 2. The van der Waals surface area contributed by atoms with Gasteiger partial charge in [0.2, 0.25) is 5.91 Å². The van der Waals surface area contributed by atoms with E-state index in [1.54, 1.807) is 12.1 Å². The molecule has 150 valence electrons. The zero-order valence-corrected chi connectivity index (χ0v) is 16.4. The number of carbonyl (C=O) groups is 2. The Morgan fingerprint density at radius 3 is 2.48 bits per heavy atom. The summed E-state index contributed by atoms with van der Waals surface area (Å²) in [6.45, 7) is 0.465. The van der Waals surface area contributed by atoms with E-state index in [1.165, 1.54) is 19.3 Å². The number of nitrogens with zero attached hydrogens (tertiary/aromatic N) is 2. The van der Waals surface area contributed by atoms with Crippen molar-refractivity contribution in [2.45, 2.75) is 51.2 Å². The molecule has 0 saturated heterocycles. The molecule has 29 heavy (non-hydrogen) atoms. The standard InChI is InChI=1S/C23H26N4O2/c28-22(25-18-11-5-2-6-12-18)16-27-20-14-8-7-13-19(20)26-21(27)15-24-23(29)17-9-3-1-4-10-17/h1,3-4,7-10,13-14,18H,2,5-6,11-12,15-16H2,(H,24,29)(H,25,28). The van der Waals surface area contributed by atoms with Gasteiger partial charge in [0, 0.05) is 11.6 Å². The van der Waals surface area contributed by atoms with Crippen LogP contribution in [0.3, 0.4) is 0 Å². The summed E-state index contributed by atoms with van der Waals surface area (Å²) in [4.78, 5) is 29.7. The van der Waals surface area contributed by atoms with Gasteiger partial charge in [0.05, 0.1) is 17.6 Å². The number of fused-ring (bicyclic) bond motifs is 1. The van der Waals surface area contributed by atoms with Crippen molar-refractivity contribution in [3.05, 3.63) is 66.0 Å². The molecule has 2 amide bonds. The molecule has 6 heteroatoms. The first-order valence-electron chi connectivity index (χ1n) is 10.3. The lowest BCUT2D eigenvalue weighted by atomic mass is 9.95. The van der Waals surface area contributed by atoms with Crippen molar-refractivity contribution in [2.24, 2.45) is 0 Å². The van der Waals surface area contributed by atoms with Crippen LogP contribution < -0.4 is 10.6 Å².